The summed E-state index contributed by atoms with van der Waals surface area (Å²) in [6.45, 7) is 1.51. The van der Waals surface area contributed by atoms with E-state index in [1.165, 1.54) is 0 Å². The monoisotopic (exact) mass is 254 g/mol. The quantitative estimate of drug-likeness (QED) is 0.670. The van der Waals surface area contributed by atoms with Gasteiger partial charge >= 0.3 is 5.97 Å². The Morgan fingerprint density at radius 2 is 2.28 bits per heavy atom. The van der Waals surface area contributed by atoms with Gasteiger partial charge in [-0.1, -0.05) is 0 Å². The topological polar surface area (TPSA) is 80.6 Å². The van der Waals surface area contributed by atoms with Gasteiger partial charge in [-0.2, -0.15) is 0 Å². The van der Waals surface area contributed by atoms with Crippen LogP contribution in [-0.4, -0.2) is 41.8 Å². The van der Waals surface area contributed by atoms with Crippen LogP contribution in [0.15, 0.2) is 18.3 Å². The number of rotatable bonds is 8. The molecule has 0 aliphatic heterocycles. The number of aromatic nitrogens is 1. The van der Waals surface area contributed by atoms with Crippen LogP contribution in [0.5, 0.6) is 0 Å². The van der Waals surface area contributed by atoms with E-state index in [0.29, 0.717) is 31.8 Å². The molecule has 1 aromatic rings. The fourth-order valence-electron chi connectivity index (χ4n) is 1.54. The average Bonchev–Trinajstić information content (AvgIpc) is 2.79. The number of hydrogen-bond donors (Lipinski definition) is 2. The molecule has 0 radical (unpaired) electrons. The molecule has 0 spiro atoms. The van der Waals surface area contributed by atoms with Gasteiger partial charge in [0.15, 0.2) is 0 Å². The Morgan fingerprint density at radius 3 is 2.94 bits per heavy atom. The first-order valence-corrected chi connectivity index (χ1v) is 5.79. The highest BCUT2D eigenvalue weighted by molar-refractivity contribution is 5.92. The molecule has 0 aromatic carbocycles. The van der Waals surface area contributed by atoms with Crippen molar-refractivity contribution < 1.29 is 19.4 Å². The lowest BCUT2D eigenvalue weighted by molar-refractivity contribution is -0.137. The van der Waals surface area contributed by atoms with Gasteiger partial charge in [-0.15, -0.1) is 0 Å². The van der Waals surface area contributed by atoms with Gasteiger partial charge < -0.3 is 19.7 Å². The van der Waals surface area contributed by atoms with Crippen molar-refractivity contribution in [3.63, 3.8) is 0 Å². The minimum atomic E-state index is -0.854. The van der Waals surface area contributed by atoms with Crippen LogP contribution in [0.25, 0.3) is 0 Å². The van der Waals surface area contributed by atoms with E-state index < -0.39 is 5.97 Å². The van der Waals surface area contributed by atoms with Gasteiger partial charge in [0.25, 0.3) is 5.91 Å². The number of carbonyl (C=O) groups is 2. The fraction of sp³-hybridized carbons (Fsp3) is 0.500. The van der Waals surface area contributed by atoms with Crippen LogP contribution in [0.4, 0.5) is 0 Å². The SMILES string of the molecule is COCCn1cccc1C(=O)NCCCC(=O)O. The van der Waals surface area contributed by atoms with Gasteiger partial charge in [0.2, 0.25) is 0 Å². The van der Waals surface area contributed by atoms with Crippen LogP contribution >= 0.6 is 0 Å². The Balaban J connectivity index is 2.41. The summed E-state index contributed by atoms with van der Waals surface area (Å²) in [6, 6.07) is 3.52. The van der Waals surface area contributed by atoms with Crippen LogP contribution in [-0.2, 0) is 16.1 Å². The zero-order chi connectivity index (χ0) is 13.4. The molecule has 0 saturated heterocycles. The zero-order valence-electron chi connectivity index (χ0n) is 10.4. The van der Waals surface area contributed by atoms with Gasteiger partial charge in [0, 0.05) is 32.8 Å². The fourth-order valence-corrected chi connectivity index (χ4v) is 1.54. The van der Waals surface area contributed by atoms with E-state index in [0.717, 1.165) is 0 Å². The molecule has 18 heavy (non-hydrogen) atoms. The number of aliphatic carboxylic acids is 1. The summed E-state index contributed by atoms with van der Waals surface area (Å²) in [5.41, 5.74) is 0.558. The van der Waals surface area contributed by atoms with Crippen molar-refractivity contribution in [3.8, 4) is 0 Å². The molecule has 0 atom stereocenters. The van der Waals surface area contributed by atoms with Gasteiger partial charge in [-0.3, -0.25) is 9.59 Å². The molecule has 0 unspecified atom stereocenters. The lowest BCUT2D eigenvalue weighted by Gasteiger charge is -2.08. The Morgan fingerprint density at radius 1 is 1.50 bits per heavy atom. The third kappa shape index (κ3) is 4.58. The van der Waals surface area contributed by atoms with E-state index in [1.807, 2.05) is 6.20 Å². The van der Waals surface area contributed by atoms with Crippen molar-refractivity contribution in [2.45, 2.75) is 19.4 Å². The number of carboxylic acids is 1. The van der Waals surface area contributed by atoms with E-state index in [-0.39, 0.29) is 12.3 Å². The van der Waals surface area contributed by atoms with E-state index in [2.05, 4.69) is 5.32 Å². The third-order valence-electron chi connectivity index (χ3n) is 2.45. The summed E-state index contributed by atoms with van der Waals surface area (Å²) < 4.78 is 6.76. The van der Waals surface area contributed by atoms with Crippen molar-refractivity contribution in [3.05, 3.63) is 24.0 Å². The van der Waals surface area contributed by atoms with Crippen molar-refractivity contribution in [1.29, 1.82) is 0 Å². The Kier molecular flexibility index (Phi) is 5.93. The van der Waals surface area contributed by atoms with Gasteiger partial charge in [0.1, 0.15) is 5.69 Å². The predicted molar refractivity (Wildman–Crippen MR) is 65.5 cm³/mol. The number of carboxylic acid groups (broad SMARTS) is 1. The highest BCUT2D eigenvalue weighted by Gasteiger charge is 2.09. The maximum atomic E-state index is 11.8. The number of methoxy groups -OCH3 is 1. The van der Waals surface area contributed by atoms with Crippen LogP contribution < -0.4 is 5.32 Å². The summed E-state index contributed by atoms with van der Waals surface area (Å²) >= 11 is 0. The standard InChI is InChI=1S/C12H18N2O4/c1-18-9-8-14-7-3-4-10(14)12(17)13-6-2-5-11(15)16/h3-4,7H,2,5-6,8-9H2,1H3,(H,13,17)(H,15,16). The molecule has 0 bridgehead atoms. The molecule has 1 aromatic heterocycles. The van der Waals surface area contributed by atoms with Crippen LogP contribution in [0, 0.1) is 0 Å². The van der Waals surface area contributed by atoms with Crippen LogP contribution in [0.3, 0.4) is 0 Å². The van der Waals surface area contributed by atoms with E-state index in [9.17, 15) is 9.59 Å². The molecule has 1 amide bonds. The number of nitrogens with zero attached hydrogens (tertiary/aromatic N) is 1. The third-order valence-corrected chi connectivity index (χ3v) is 2.45. The summed E-state index contributed by atoms with van der Waals surface area (Å²) in [7, 11) is 1.61. The van der Waals surface area contributed by atoms with Crippen LogP contribution in [0.1, 0.15) is 23.3 Å². The molecule has 6 heteroatoms. The predicted octanol–water partition coefficient (Wildman–Crippen LogP) is 0.729. The second-order valence-electron chi connectivity index (χ2n) is 3.83. The second kappa shape index (κ2) is 7.50. The molecule has 1 rings (SSSR count). The molecule has 0 fully saturated rings. The lowest BCUT2D eigenvalue weighted by atomic mass is 10.3. The summed E-state index contributed by atoms with van der Waals surface area (Å²) in [5.74, 6) is -1.05. The first-order valence-electron chi connectivity index (χ1n) is 5.79. The number of nitrogens with one attached hydrogen (secondary N) is 1. The molecule has 100 valence electrons. The van der Waals surface area contributed by atoms with Crippen molar-refractivity contribution >= 4 is 11.9 Å². The Bertz CT molecular complexity index is 401. The molecule has 0 aliphatic rings. The highest BCUT2D eigenvalue weighted by Crippen LogP contribution is 2.02. The second-order valence-corrected chi connectivity index (χ2v) is 3.83. The Hall–Kier alpha value is -1.82. The summed E-state index contributed by atoms with van der Waals surface area (Å²) in [4.78, 5) is 22.1. The zero-order valence-corrected chi connectivity index (χ0v) is 10.4. The lowest BCUT2D eigenvalue weighted by Crippen LogP contribution is -2.27. The summed E-state index contributed by atoms with van der Waals surface area (Å²) in [6.07, 6.45) is 2.30. The average molecular weight is 254 g/mol. The number of amides is 1. The molecular formula is C12H18N2O4. The first-order chi connectivity index (χ1) is 8.65. The van der Waals surface area contributed by atoms with Crippen molar-refractivity contribution in [2.75, 3.05) is 20.3 Å². The molecular weight excluding hydrogens is 236 g/mol. The van der Waals surface area contributed by atoms with Gasteiger partial charge in [0.05, 0.1) is 6.61 Å². The first kappa shape index (κ1) is 14.2. The van der Waals surface area contributed by atoms with Crippen molar-refractivity contribution in [1.82, 2.24) is 9.88 Å². The maximum absolute atomic E-state index is 11.8. The minimum absolute atomic E-state index is 0.0605. The largest absolute Gasteiger partial charge is 0.481 e. The Labute approximate surface area is 106 Å². The minimum Gasteiger partial charge on any atom is -0.481 e. The van der Waals surface area contributed by atoms with E-state index >= 15 is 0 Å². The van der Waals surface area contributed by atoms with Gasteiger partial charge in [-0.05, 0) is 18.6 Å². The molecule has 0 aliphatic carbocycles. The number of carbonyl (C=O) groups excluding carboxylic acids is 1. The van der Waals surface area contributed by atoms with Crippen molar-refractivity contribution in [2.24, 2.45) is 0 Å². The smallest absolute Gasteiger partial charge is 0.303 e. The molecule has 2 N–H and O–H groups in total. The maximum Gasteiger partial charge on any atom is 0.303 e. The molecule has 1 heterocycles. The van der Waals surface area contributed by atoms with E-state index in [4.69, 9.17) is 9.84 Å². The normalized spacial score (nSPS) is 10.3. The van der Waals surface area contributed by atoms with Gasteiger partial charge in [-0.25, -0.2) is 0 Å². The van der Waals surface area contributed by atoms with Crippen LogP contribution in [0.2, 0.25) is 0 Å². The highest BCUT2D eigenvalue weighted by atomic mass is 16.5. The number of ether oxygens (including phenoxy) is 1. The summed E-state index contributed by atoms with van der Waals surface area (Å²) in [5, 5.41) is 11.2. The number of hydrogen-bond acceptors (Lipinski definition) is 3. The molecule has 0 saturated carbocycles. The van der Waals surface area contributed by atoms with E-state index in [1.54, 1.807) is 23.8 Å². The molecule has 6 nitrogen and oxygen atoms in total.